The molecule has 0 saturated carbocycles. The minimum atomic E-state index is -0.407. The van der Waals surface area contributed by atoms with E-state index in [1.54, 1.807) is 36.5 Å². The van der Waals surface area contributed by atoms with Crippen LogP contribution in [0.25, 0.3) is 11.3 Å². The highest BCUT2D eigenvalue weighted by Gasteiger charge is 2.41. The number of pyridine rings is 1. The molecular weight excluding hydrogens is 871 g/mol. The van der Waals surface area contributed by atoms with Gasteiger partial charge < -0.3 is 40.0 Å². The van der Waals surface area contributed by atoms with Crippen LogP contribution in [0.3, 0.4) is 0 Å². The maximum Gasteiger partial charge on any atom is 0.293 e. The molecule has 0 radical (unpaired) electrons. The normalized spacial score (nSPS) is 21.7. The lowest BCUT2D eigenvalue weighted by molar-refractivity contribution is -0.111. The summed E-state index contributed by atoms with van der Waals surface area (Å²) in [6.07, 6.45) is 8.26. The molecule has 69 heavy (non-hydrogen) atoms. The van der Waals surface area contributed by atoms with E-state index in [9.17, 15) is 24.3 Å². The number of nitrogens with one attached hydrogen (secondary N) is 3. The molecule has 1 aliphatic carbocycles. The zero-order valence-electron chi connectivity index (χ0n) is 40.7. The van der Waals surface area contributed by atoms with E-state index in [1.165, 1.54) is 21.9 Å². The van der Waals surface area contributed by atoms with Gasteiger partial charge in [-0.1, -0.05) is 32.6 Å². The quantitative estimate of drug-likeness (QED) is 0.115. The molecule has 1 unspecified atom stereocenters. The van der Waals surface area contributed by atoms with Crippen LogP contribution >= 0.6 is 0 Å². The van der Waals surface area contributed by atoms with E-state index in [2.05, 4.69) is 107 Å². The van der Waals surface area contributed by atoms with Gasteiger partial charge in [0.25, 0.3) is 17.4 Å². The first-order chi connectivity index (χ1) is 32.9. The summed E-state index contributed by atoms with van der Waals surface area (Å²) in [6.45, 7) is 20.7. The molecule has 2 aromatic carbocycles. The first-order valence-electron chi connectivity index (χ1n) is 24.2. The number of aliphatic hydroxyl groups is 1. The molecule has 16 heteroatoms. The summed E-state index contributed by atoms with van der Waals surface area (Å²) in [5.41, 5.74) is 8.67. The summed E-state index contributed by atoms with van der Waals surface area (Å²) in [7, 11) is 1.64. The molecule has 5 aliphatic rings. The summed E-state index contributed by atoms with van der Waals surface area (Å²) in [5.74, 6) is -0.127. The first kappa shape index (κ1) is 46.0. The zero-order chi connectivity index (χ0) is 48.7. The van der Waals surface area contributed by atoms with E-state index in [0.717, 1.165) is 74.4 Å². The molecule has 3 atom stereocenters. The van der Waals surface area contributed by atoms with Crippen LogP contribution in [-0.4, -0.2) is 97.7 Å². The smallest absolute Gasteiger partial charge is 0.293 e. The van der Waals surface area contributed by atoms with Crippen molar-refractivity contribution in [2.75, 3.05) is 58.1 Å². The molecular formula is C53H63N11O5. The average Bonchev–Trinajstić information content (AvgIpc) is 3.90. The Bertz CT molecular complexity index is 2990. The lowest BCUT2D eigenvalue weighted by Gasteiger charge is -2.48. The number of aryl methyl sites for hydroxylation is 1. The van der Waals surface area contributed by atoms with E-state index >= 15 is 0 Å². The number of aromatic nitrogens is 4. The summed E-state index contributed by atoms with van der Waals surface area (Å²) in [5, 5.41) is 20.3. The van der Waals surface area contributed by atoms with E-state index in [0.29, 0.717) is 58.8 Å². The topological polar surface area (TPSA) is 173 Å². The third-order valence-corrected chi connectivity index (χ3v) is 15.1. The SMILES string of the molecule is C=CC(=O)Nc1cc(Nc2nc(-c3ccnc(N4CCn5c(cc6c5CC(C)(C)C6)C4=O)c3CO)cn(C)c2=O)ccc1N1CCN(C2CCN(c3cccc4c3C(=O)NC4(C)C)[C@H](C)C2)C[C@@H]1C. The molecule has 0 bridgehead atoms. The van der Waals surface area contributed by atoms with Crippen molar-refractivity contribution >= 4 is 52.1 Å². The maximum atomic E-state index is 14.1. The van der Waals surface area contributed by atoms with Gasteiger partial charge in [0, 0.05) is 99.3 Å². The van der Waals surface area contributed by atoms with Gasteiger partial charge in [-0.05, 0) is 112 Å². The van der Waals surface area contributed by atoms with Crippen LogP contribution in [0.5, 0.6) is 0 Å². The number of hydrogen-bond acceptors (Lipinski definition) is 11. The molecule has 3 aromatic heterocycles. The summed E-state index contributed by atoms with van der Waals surface area (Å²) >= 11 is 0. The number of piperazine rings is 1. The van der Waals surface area contributed by atoms with E-state index in [-0.39, 0.29) is 46.6 Å². The van der Waals surface area contributed by atoms with Gasteiger partial charge in [0.05, 0.1) is 40.5 Å². The van der Waals surface area contributed by atoms with Gasteiger partial charge in [0.2, 0.25) is 5.91 Å². The van der Waals surface area contributed by atoms with Crippen LogP contribution in [0.4, 0.5) is 34.4 Å². The first-order valence-corrected chi connectivity index (χ1v) is 24.2. The Hall–Kier alpha value is -6.78. The number of piperidine rings is 1. The van der Waals surface area contributed by atoms with Crippen molar-refractivity contribution in [2.45, 2.75) is 104 Å². The Morgan fingerprint density at radius 1 is 0.957 bits per heavy atom. The van der Waals surface area contributed by atoms with E-state index in [1.807, 2.05) is 18.2 Å². The standard InChI is InChI=1S/C53H63N11O5/c1-9-45(66)56-39-25-34(13-14-41(39)62-20-19-60(28-32(62)3)35-16-18-61(31(2)23-35)42-12-10-11-38-46(42)49(67)58-53(38,6)7)55-47-51(69)59(8)29-40(57-47)36-15-17-54-48(37(36)30-65)64-22-21-63-43(50(64)68)24-33-26-52(4,5)27-44(33)63/h9-15,17,24-25,29,31-32,35,65H,1,16,18-23,26-28,30H2,2-8H3,(H,55,57)(H,56,66)(H,58,67)/t31-,32+,35?/m1/s1. The van der Waals surface area contributed by atoms with E-state index in [4.69, 9.17) is 4.98 Å². The number of carbonyl (C=O) groups is 3. The zero-order valence-corrected chi connectivity index (χ0v) is 40.7. The minimum absolute atomic E-state index is 0.00334. The van der Waals surface area contributed by atoms with Crippen LogP contribution in [0.1, 0.15) is 97.6 Å². The molecule has 10 rings (SSSR count). The Labute approximate surface area is 403 Å². The monoisotopic (exact) mass is 934 g/mol. The lowest BCUT2D eigenvalue weighted by atomic mass is 9.90. The van der Waals surface area contributed by atoms with Crippen LogP contribution in [0.2, 0.25) is 0 Å². The second-order valence-electron chi connectivity index (χ2n) is 20.9. The fourth-order valence-corrected chi connectivity index (χ4v) is 11.8. The Kier molecular flexibility index (Phi) is 11.5. The highest BCUT2D eigenvalue weighted by atomic mass is 16.3. The number of anilines is 6. The van der Waals surface area contributed by atoms with Crippen molar-refractivity contribution in [1.82, 2.24) is 29.3 Å². The van der Waals surface area contributed by atoms with E-state index < -0.39 is 12.1 Å². The third kappa shape index (κ3) is 8.16. The van der Waals surface area contributed by atoms with Crippen molar-refractivity contribution in [2.24, 2.45) is 12.5 Å². The average molecular weight is 934 g/mol. The van der Waals surface area contributed by atoms with Crippen molar-refractivity contribution in [1.29, 1.82) is 0 Å². The maximum absolute atomic E-state index is 14.1. The Morgan fingerprint density at radius 2 is 1.75 bits per heavy atom. The Morgan fingerprint density at radius 3 is 2.51 bits per heavy atom. The van der Waals surface area contributed by atoms with Gasteiger partial charge in [-0.2, -0.15) is 0 Å². The predicted molar refractivity (Wildman–Crippen MR) is 270 cm³/mol. The molecule has 16 nitrogen and oxygen atoms in total. The number of benzene rings is 2. The van der Waals surface area contributed by atoms with Crippen LogP contribution in [-0.2, 0) is 43.4 Å². The van der Waals surface area contributed by atoms with Crippen molar-refractivity contribution in [3.05, 3.63) is 118 Å². The minimum Gasteiger partial charge on any atom is -0.392 e. The van der Waals surface area contributed by atoms with Gasteiger partial charge in [-0.25, -0.2) is 9.97 Å². The number of nitrogens with zero attached hydrogens (tertiary/aromatic N) is 8. The van der Waals surface area contributed by atoms with Crippen LogP contribution in [0.15, 0.2) is 78.4 Å². The summed E-state index contributed by atoms with van der Waals surface area (Å²) < 4.78 is 3.58. The van der Waals surface area contributed by atoms with Gasteiger partial charge in [0.15, 0.2) is 5.82 Å². The van der Waals surface area contributed by atoms with Crippen LogP contribution in [0, 0.1) is 5.41 Å². The highest BCUT2D eigenvalue weighted by molar-refractivity contribution is 6.07. The number of rotatable bonds is 10. The molecule has 5 aromatic rings. The van der Waals surface area contributed by atoms with Crippen molar-refractivity contribution in [3.8, 4) is 11.3 Å². The Balaban J connectivity index is 0.861. The number of aliphatic hydroxyl groups excluding tert-OH is 1. The van der Waals surface area contributed by atoms with Gasteiger partial charge in [0.1, 0.15) is 11.5 Å². The highest BCUT2D eigenvalue weighted by Crippen LogP contribution is 2.42. The van der Waals surface area contributed by atoms with Gasteiger partial charge in [-0.15, -0.1) is 0 Å². The predicted octanol–water partition coefficient (Wildman–Crippen LogP) is 6.34. The number of hydrogen-bond donors (Lipinski definition) is 4. The summed E-state index contributed by atoms with van der Waals surface area (Å²) in [4.78, 5) is 72.2. The second-order valence-corrected chi connectivity index (χ2v) is 20.9. The molecule has 2 saturated heterocycles. The third-order valence-electron chi connectivity index (χ3n) is 15.1. The molecule has 360 valence electrons. The molecule has 4 N–H and O–H groups in total. The number of carbonyl (C=O) groups excluding carboxylic acids is 3. The molecule has 4 aliphatic heterocycles. The fourth-order valence-electron chi connectivity index (χ4n) is 11.8. The van der Waals surface area contributed by atoms with Crippen molar-refractivity contribution in [3.63, 3.8) is 0 Å². The second kappa shape index (κ2) is 17.3. The largest absolute Gasteiger partial charge is 0.392 e. The number of amides is 3. The molecule has 2 fully saturated rings. The van der Waals surface area contributed by atoms with Crippen LogP contribution < -0.4 is 36.2 Å². The van der Waals surface area contributed by atoms with Crippen molar-refractivity contribution < 1.29 is 19.5 Å². The summed E-state index contributed by atoms with van der Waals surface area (Å²) in [6, 6.07) is 16.4. The molecule has 3 amide bonds. The molecule has 0 spiro atoms. The number of fused-ring (bicyclic) bond motifs is 4. The van der Waals surface area contributed by atoms with Gasteiger partial charge >= 0.3 is 0 Å². The lowest BCUT2D eigenvalue weighted by Crippen LogP contribution is -2.58. The molecule has 7 heterocycles. The fraction of sp³-hybridized carbons (Fsp3) is 0.434. The van der Waals surface area contributed by atoms with Gasteiger partial charge in [-0.3, -0.25) is 29.0 Å².